The lowest BCUT2D eigenvalue weighted by atomic mass is 9.78. The first-order valence-corrected chi connectivity index (χ1v) is 19.7. The summed E-state index contributed by atoms with van der Waals surface area (Å²) < 4.78 is 10.4. The molecule has 21 heteroatoms. The highest BCUT2D eigenvalue weighted by atomic mass is 16.5. The van der Waals surface area contributed by atoms with Crippen LogP contribution in [0.25, 0.3) is 0 Å². The van der Waals surface area contributed by atoms with E-state index in [9.17, 15) is 53.8 Å². The number of amides is 6. The largest absolute Gasteiger partial charge is 0.491 e. The van der Waals surface area contributed by atoms with Crippen LogP contribution in [0, 0.1) is 5.92 Å². The van der Waals surface area contributed by atoms with Crippen LogP contribution in [0.1, 0.15) is 84.2 Å². The van der Waals surface area contributed by atoms with Crippen LogP contribution in [0.2, 0.25) is 0 Å². The Hall–Kier alpha value is -5.34. The number of unbranched alkanes of at least 4 members (excludes halogenated alkanes) is 1. The van der Waals surface area contributed by atoms with Gasteiger partial charge in [0.05, 0.1) is 25.9 Å². The molecule has 0 saturated carbocycles. The highest BCUT2D eigenvalue weighted by Crippen LogP contribution is 2.24. The number of nitrogens with zero attached hydrogens (tertiary/aromatic N) is 1. The first kappa shape index (κ1) is 44.8. The normalized spacial score (nSPS) is 17.6. The van der Waals surface area contributed by atoms with E-state index >= 15 is 0 Å². The molecule has 2 aromatic carbocycles. The summed E-state index contributed by atoms with van der Waals surface area (Å²) in [5.41, 5.74) is 2.60. The molecule has 6 amide bonds. The van der Waals surface area contributed by atoms with Gasteiger partial charge in [-0.15, -0.1) is 0 Å². The average molecular weight is 820 g/mol. The molecular weight excluding hydrogens is 770 g/mol. The van der Waals surface area contributed by atoms with Crippen molar-refractivity contribution in [3.05, 3.63) is 58.7 Å². The van der Waals surface area contributed by atoms with E-state index in [1.165, 1.54) is 36.1 Å². The molecule has 0 spiro atoms. The van der Waals surface area contributed by atoms with Gasteiger partial charge in [-0.1, -0.05) is 25.5 Å². The molecule has 59 heavy (non-hydrogen) atoms. The fourth-order valence-electron chi connectivity index (χ4n) is 7.23. The molecule has 2 aromatic rings. The maximum Gasteiger partial charge on any atom is 0.491 e. The number of nitrogens with one attached hydrogen (secondary N) is 5. The van der Waals surface area contributed by atoms with E-state index in [0.717, 1.165) is 5.56 Å². The van der Waals surface area contributed by atoms with Gasteiger partial charge in [0.2, 0.25) is 23.6 Å². The molecule has 0 radical (unpaired) electrons. The van der Waals surface area contributed by atoms with Crippen LogP contribution in [0.3, 0.4) is 0 Å². The Kier molecular flexibility index (Phi) is 15.6. The molecule has 0 bridgehead atoms. The van der Waals surface area contributed by atoms with Crippen molar-refractivity contribution in [2.45, 2.75) is 89.8 Å². The Labute approximate surface area is 341 Å². The number of aliphatic hydroxyl groups excluding tert-OH is 1. The van der Waals surface area contributed by atoms with Crippen LogP contribution in [-0.4, -0.2) is 131 Å². The fraction of sp³-hybridized carbons (Fsp3) is 0.500. The van der Waals surface area contributed by atoms with Gasteiger partial charge in [0, 0.05) is 36.7 Å². The number of carboxylic acid groups (broad SMARTS) is 1. The zero-order chi connectivity index (χ0) is 42.8. The number of carbonyl (C=O) groups is 7. The molecular formula is C38H50B2N6O13. The Morgan fingerprint density at radius 2 is 1.49 bits per heavy atom. The topological polar surface area (TPSA) is 282 Å². The second-order valence-corrected chi connectivity index (χ2v) is 14.8. The molecule has 0 aliphatic carbocycles. The van der Waals surface area contributed by atoms with Crippen LogP contribution in [0.15, 0.2) is 36.4 Å². The van der Waals surface area contributed by atoms with Crippen molar-refractivity contribution in [1.29, 1.82) is 0 Å². The lowest BCUT2D eigenvalue weighted by molar-refractivity contribution is -0.147. The van der Waals surface area contributed by atoms with E-state index in [0.29, 0.717) is 61.6 Å². The van der Waals surface area contributed by atoms with Gasteiger partial charge in [0.15, 0.2) is 6.04 Å². The van der Waals surface area contributed by atoms with Gasteiger partial charge in [0.1, 0.15) is 12.1 Å². The number of aliphatic hydroxyl groups is 1. The summed E-state index contributed by atoms with van der Waals surface area (Å²) in [6.45, 7) is 3.25. The lowest BCUT2D eigenvalue weighted by Crippen LogP contribution is -2.54. The van der Waals surface area contributed by atoms with Crippen molar-refractivity contribution in [3.8, 4) is 0 Å². The lowest BCUT2D eigenvalue weighted by Gasteiger charge is -2.29. The third-order valence-electron chi connectivity index (χ3n) is 10.7. The van der Waals surface area contributed by atoms with Crippen molar-refractivity contribution in [1.82, 2.24) is 31.5 Å². The molecule has 5 atom stereocenters. The molecule has 3 aliphatic heterocycles. The standard InChI is InChI=1S/C38H50B2N6O13/c1-3-22(37(53)46-14-6-8-30(46)36(52)45-32(21(2)47)38(54)55)7-4-5-13-41-31(48)18-43-35(51)29(44-34(50)24-10-12-26-20-59-40(57)28(26)16-24)17-42-33(49)23-9-11-25-19-58-39(56)27(25)15-23/h9-12,15-16,21-22,29-30,32,47,56-57H,3-8,13-14,17-20H2,1-2H3,(H,41,48)(H,42,49)(H,43,51)(H,44,50)(H,45,52)(H,54,55)/t21-,22-,29-,30+,32+/m1/s1. The summed E-state index contributed by atoms with van der Waals surface area (Å²) in [7, 11) is -2.38. The molecule has 3 aliphatic rings. The summed E-state index contributed by atoms with van der Waals surface area (Å²) in [6.07, 6.45) is 1.65. The Bertz CT molecular complexity index is 1920. The smallest absolute Gasteiger partial charge is 0.480 e. The number of hydrogen-bond donors (Lipinski definition) is 9. The molecule has 9 N–H and O–H groups in total. The SMILES string of the molecule is CC[C@H](CCCCNC(=O)CNC(=O)[C@@H](CNC(=O)c1ccc2c(c1)B(O)OC2)NC(=O)c1ccc2c(c1)B(O)OC2)C(=O)N1CCC[C@H]1C(=O)N[C@H](C(=O)O)[C@@H](C)O. The Morgan fingerprint density at radius 3 is 2.08 bits per heavy atom. The predicted octanol–water partition coefficient (Wildman–Crippen LogP) is -2.98. The highest BCUT2D eigenvalue weighted by Gasteiger charge is 2.39. The van der Waals surface area contributed by atoms with Gasteiger partial charge in [-0.2, -0.15) is 0 Å². The monoisotopic (exact) mass is 820 g/mol. The first-order chi connectivity index (χ1) is 28.2. The van der Waals surface area contributed by atoms with Gasteiger partial charge < -0.3 is 61.1 Å². The van der Waals surface area contributed by atoms with E-state index < -0.39 is 86.4 Å². The third-order valence-corrected chi connectivity index (χ3v) is 10.7. The molecule has 316 valence electrons. The van der Waals surface area contributed by atoms with Crippen molar-refractivity contribution in [3.63, 3.8) is 0 Å². The maximum atomic E-state index is 13.4. The van der Waals surface area contributed by atoms with Crippen LogP contribution in [-0.2, 0) is 46.5 Å². The molecule has 3 heterocycles. The van der Waals surface area contributed by atoms with Crippen molar-refractivity contribution < 1.29 is 63.1 Å². The number of likely N-dealkylation sites (tertiary alicyclic amines) is 1. The van der Waals surface area contributed by atoms with E-state index in [2.05, 4.69) is 26.6 Å². The first-order valence-electron chi connectivity index (χ1n) is 19.7. The van der Waals surface area contributed by atoms with Crippen LogP contribution >= 0.6 is 0 Å². The van der Waals surface area contributed by atoms with Crippen LogP contribution < -0.4 is 37.5 Å². The van der Waals surface area contributed by atoms with E-state index in [1.807, 2.05) is 6.92 Å². The molecule has 0 aromatic heterocycles. The second kappa shape index (κ2) is 20.6. The fourth-order valence-corrected chi connectivity index (χ4v) is 7.23. The van der Waals surface area contributed by atoms with E-state index in [1.54, 1.807) is 12.1 Å². The highest BCUT2D eigenvalue weighted by molar-refractivity contribution is 6.62. The number of fused-ring (bicyclic) bond motifs is 2. The quantitative estimate of drug-likeness (QED) is 0.0506. The minimum absolute atomic E-state index is 0.127. The number of rotatable bonds is 19. The van der Waals surface area contributed by atoms with Gasteiger partial charge in [-0.3, -0.25) is 28.8 Å². The average Bonchev–Trinajstić information content (AvgIpc) is 3.96. The predicted molar refractivity (Wildman–Crippen MR) is 211 cm³/mol. The molecule has 19 nitrogen and oxygen atoms in total. The number of carboxylic acids is 1. The number of hydrogen-bond acceptors (Lipinski definition) is 12. The van der Waals surface area contributed by atoms with Crippen molar-refractivity contribution in [2.75, 3.05) is 26.2 Å². The number of benzene rings is 2. The Morgan fingerprint density at radius 1 is 0.864 bits per heavy atom. The van der Waals surface area contributed by atoms with Gasteiger partial charge in [-0.05, 0) is 85.3 Å². The summed E-state index contributed by atoms with van der Waals surface area (Å²) in [5.74, 6) is -5.19. The molecule has 1 fully saturated rings. The van der Waals surface area contributed by atoms with Crippen molar-refractivity contribution in [2.24, 2.45) is 5.92 Å². The molecule has 0 unspecified atom stereocenters. The van der Waals surface area contributed by atoms with E-state index in [4.69, 9.17) is 9.31 Å². The zero-order valence-corrected chi connectivity index (χ0v) is 32.9. The summed E-state index contributed by atoms with van der Waals surface area (Å²) in [6, 6.07) is 5.57. The number of carbonyl (C=O) groups excluding carboxylic acids is 6. The molecule has 5 rings (SSSR count). The maximum absolute atomic E-state index is 13.4. The van der Waals surface area contributed by atoms with E-state index in [-0.39, 0.29) is 43.3 Å². The third kappa shape index (κ3) is 11.4. The zero-order valence-electron chi connectivity index (χ0n) is 32.9. The van der Waals surface area contributed by atoms with Crippen LogP contribution in [0.5, 0.6) is 0 Å². The Balaban J connectivity index is 1.10. The summed E-state index contributed by atoms with van der Waals surface area (Å²) in [4.78, 5) is 91.7. The van der Waals surface area contributed by atoms with Gasteiger partial charge >= 0.3 is 20.2 Å². The summed E-state index contributed by atoms with van der Waals surface area (Å²) >= 11 is 0. The minimum Gasteiger partial charge on any atom is -0.480 e. The van der Waals surface area contributed by atoms with Crippen LogP contribution in [0.4, 0.5) is 0 Å². The van der Waals surface area contributed by atoms with Crippen molar-refractivity contribution >= 4 is 66.6 Å². The van der Waals surface area contributed by atoms with Gasteiger partial charge in [0.25, 0.3) is 11.8 Å². The second-order valence-electron chi connectivity index (χ2n) is 14.8. The minimum atomic E-state index is -1.50. The summed E-state index contributed by atoms with van der Waals surface area (Å²) in [5, 5.41) is 52.0. The van der Waals surface area contributed by atoms with Gasteiger partial charge in [-0.25, -0.2) is 4.79 Å². The number of aliphatic carboxylic acids is 1. The molecule has 1 saturated heterocycles.